The highest BCUT2D eigenvalue weighted by atomic mass is 32.2. The van der Waals surface area contributed by atoms with Crippen LogP contribution in [0.25, 0.3) is 0 Å². The van der Waals surface area contributed by atoms with Crippen LogP contribution in [-0.4, -0.2) is 27.5 Å². The monoisotopic (exact) mass is 227 g/mol. The lowest BCUT2D eigenvalue weighted by molar-refractivity contribution is 0.583. The van der Waals surface area contributed by atoms with Gasteiger partial charge in [0.2, 0.25) is 0 Å². The van der Waals surface area contributed by atoms with E-state index >= 15 is 0 Å². The van der Waals surface area contributed by atoms with Crippen LogP contribution in [0.1, 0.15) is 0 Å². The molecule has 1 saturated heterocycles. The first kappa shape index (κ1) is 10.4. The number of nitrogens with zero attached hydrogens (tertiary/aromatic N) is 1. The third-order valence-electron chi connectivity index (χ3n) is 2.32. The summed E-state index contributed by atoms with van der Waals surface area (Å²) in [6.45, 7) is 0.700. The van der Waals surface area contributed by atoms with Crippen molar-refractivity contribution in [1.29, 1.82) is 0 Å². The maximum Gasteiger partial charge on any atom is 0.301 e. The Kier molecular flexibility index (Phi) is 2.64. The van der Waals surface area contributed by atoms with Crippen LogP contribution in [0, 0.1) is 0 Å². The Labute approximate surface area is 89.1 Å². The van der Waals surface area contributed by atoms with Crippen molar-refractivity contribution < 1.29 is 8.42 Å². The molecule has 2 rings (SSSR count). The number of nitrogens with one attached hydrogen (secondary N) is 1. The maximum atomic E-state index is 11.7. The molecule has 6 heteroatoms. The molecule has 0 amide bonds. The summed E-state index contributed by atoms with van der Waals surface area (Å²) in [5.41, 5.74) is 6.11. The molecule has 82 valence electrons. The summed E-state index contributed by atoms with van der Waals surface area (Å²) in [5, 5.41) is 0. The second-order valence-electron chi connectivity index (χ2n) is 3.42. The van der Waals surface area contributed by atoms with Crippen molar-refractivity contribution in [2.75, 3.05) is 17.4 Å². The summed E-state index contributed by atoms with van der Waals surface area (Å²) < 4.78 is 27.2. The number of rotatable bonds is 2. The fourth-order valence-electron chi connectivity index (χ4n) is 1.57. The van der Waals surface area contributed by atoms with Gasteiger partial charge >= 0.3 is 10.2 Å². The van der Waals surface area contributed by atoms with E-state index in [2.05, 4.69) is 4.72 Å². The van der Waals surface area contributed by atoms with E-state index in [-0.39, 0.29) is 6.04 Å². The number of benzene rings is 1. The molecule has 0 saturated carbocycles. The highest BCUT2D eigenvalue weighted by molar-refractivity contribution is 7.91. The van der Waals surface area contributed by atoms with Gasteiger partial charge in [0.1, 0.15) is 0 Å². The van der Waals surface area contributed by atoms with Gasteiger partial charge in [0.15, 0.2) is 0 Å². The smallest absolute Gasteiger partial charge is 0.301 e. The Hall–Kier alpha value is -1.11. The summed E-state index contributed by atoms with van der Waals surface area (Å²) in [4.78, 5) is 0. The molecular weight excluding hydrogens is 214 g/mol. The van der Waals surface area contributed by atoms with Gasteiger partial charge in [-0.25, -0.2) is 0 Å². The molecule has 0 aromatic heterocycles. The van der Waals surface area contributed by atoms with Gasteiger partial charge in [0.25, 0.3) is 0 Å². The lowest BCUT2D eigenvalue weighted by atomic mass is 10.3. The average molecular weight is 227 g/mol. The highest BCUT2D eigenvalue weighted by Gasteiger charge is 2.34. The molecule has 0 aliphatic carbocycles. The zero-order valence-corrected chi connectivity index (χ0v) is 8.94. The molecule has 1 aromatic carbocycles. The third-order valence-corrected chi connectivity index (χ3v) is 3.89. The molecule has 3 N–H and O–H groups in total. The first-order valence-corrected chi connectivity index (χ1v) is 6.12. The number of hydrogen-bond donors (Lipinski definition) is 2. The fourth-order valence-corrected chi connectivity index (χ4v) is 3.07. The minimum absolute atomic E-state index is 0.199. The molecule has 1 aliphatic rings. The zero-order chi connectivity index (χ0) is 10.9. The van der Waals surface area contributed by atoms with Gasteiger partial charge < -0.3 is 5.73 Å². The van der Waals surface area contributed by atoms with Crippen LogP contribution in [0.2, 0.25) is 0 Å². The molecule has 0 bridgehead atoms. The molecule has 1 aromatic rings. The van der Waals surface area contributed by atoms with E-state index in [0.717, 1.165) is 0 Å². The molecule has 1 fully saturated rings. The van der Waals surface area contributed by atoms with E-state index in [0.29, 0.717) is 18.8 Å². The van der Waals surface area contributed by atoms with E-state index < -0.39 is 10.2 Å². The molecule has 1 atom stereocenters. The molecule has 5 nitrogen and oxygen atoms in total. The van der Waals surface area contributed by atoms with Gasteiger partial charge in [-0.3, -0.25) is 4.31 Å². The average Bonchev–Trinajstić information content (AvgIpc) is 2.55. The van der Waals surface area contributed by atoms with Crippen molar-refractivity contribution in [1.82, 2.24) is 4.72 Å². The molecule has 1 heterocycles. The minimum Gasteiger partial charge on any atom is -0.329 e. The number of hydrogen-bond acceptors (Lipinski definition) is 3. The van der Waals surface area contributed by atoms with Crippen LogP contribution in [0.5, 0.6) is 0 Å². The van der Waals surface area contributed by atoms with Crippen LogP contribution in [-0.2, 0) is 10.2 Å². The molecule has 1 aliphatic heterocycles. The van der Waals surface area contributed by atoms with E-state index in [1.165, 1.54) is 4.31 Å². The number of anilines is 1. The Morgan fingerprint density at radius 1 is 1.40 bits per heavy atom. The van der Waals surface area contributed by atoms with Gasteiger partial charge in [-0.15, -0.1) is 0 Å². The second-order valence-corrected chi connectivity index (χ2v) is 5.05. The summed E-state index contributed by atoms with van der Waals surface area (Å²) in [6.07, 6.45) is 0. The fraction of sp³-hybridized carbons (Fsp3) is 0.333. The van der Waals surface area contributed by atoms with Crippen molar-refractivity contribution in [3.8, 4) is 0 Å². The van der Waals surface area contributed by atoms with Crippen LogP contribution >= 0.6 is 0 Å². The Morgan fingerprint density at radius 2 is 2.07 bits per heavy atom. The van der Waals surface area contributed by atoms with Crippen LogP contribution in [0.4, 0.5) is 5.69 Å². The first-order valence-electron chi connectivity index (χ1n) is 4.68. The minimum atomic E-state index is -3.40. The Morgan fingerprint density at radius 3 is 2.60 bits per heavy atom. The molecular formula is C9H13N3O2S. The molecule has 0 spiro atoms. The Balaban J connectivity index is 2.31. The van der Waals surface area contributed by atoms with E-state index in [1.807, 2.05) is 6.07 Å². The van der Waals surface area contributed by atoms with E-state index in [1.54, 1.807) is 24.3 Å². The van der Waals surface area contributed by atoms with Gasteiger partial charge in [0, 0.05) is 6.54 Å². The van der Waals surface area contributed by atoms with Crippen molar-refractivity contribution in [2.45, 2.75) is 6.04 Å². The summed E-state index contributed by atoms with van der Waals surface area (Å²) in [5.74, 6) is 0. The first-order chi connectivity index (χ1) is 7.13. The highest BCUT2D eigenvalue weighted by Crippen LogP contribution is 2.20. The maximum absolute atomic E-state index is 11.7. The van der Waals surface area contributed by atoms with Gasteiger partial charge in [-0.05, 0) is 12.1 Å². The van der Waals surface area contributed by atoms with E-state index in [9.17, 15) is 8.42 Å². The predicted octanol–water partition coefficient (Wildman–Crippen LogP) is -0.332. The Bertz CT molecular complexity index is 432. The van der Waals surface area contributed by atoms with Gasteiger partial charge in [-0.2, -0.15) is 13.1 Å². The van der Waals surface area contributed by atoms with Crippen molar-refractivity contribution in [3.05, 3.63) is 30.3 Å². The standard InChI is InChI=1S/C9H13N3O2S/c10-6-8-7-12(15(13,14)11-8)9-4-2-1-3-5-9/h1-5,8,11H,6-7,10H2/t8-/m1/s1. The van der Waals surface area contributed by atoms with Gasteiger partial charge in [-0.1, -0.05) is 18.2 Å². The predicted molar refractivity (Wildman–Crippen MR) is 58.7 cm³/mol. The second kappa shape index (κ2) is 3.80. The largest absolute Gasteiger partial charge is 0.329 e. The summed E-state index contributed by atoms with van der Waals surface area (Å²) >= 11 is 0. The molecule has 15 heavy (non-hydrogen) atoms. The van der Waals surface area contributed by atoms with Crippen molar-refractivity contribution in [3.63, 3.8) is 0 Å². The normalized spacial score (nSPS) is 24.3. The number of para-hydroxylation sites is 1. The van der Waals surface area contributed by atoms with Crippen LogP contribution in [0.15, 0.2) is 30.3 Å². The van der Waals surface area contributed by atoms with Crippen LogP contribution < -0.4 is 14.8 Å². The van der Waals surface area contributed by atoms with Crippen LogP contribution in [0.3, 0.4) is 0 Å². The molecule has 0 unspecified atom stereocenters. The SMILES string of the molecule is NC[C@@H]1CN(c2ccccc2)S(=O)(=O)N1. The van der Waals surface area contributed by atoms with Crippen molar-refractivity contribution in [2.24, 2.45) is 5.73 Å². The topological polar surface area (TPSA) is 75.4 Å². The molecule has 0 radical (unpaired) electrons. The number of nitrogens with two attached hydrogens (primary N) is 1. The summed E-state index contributed by atoms with van der Waals surface area (Å²) in [6, 6.07) is 8.78. The lowest BCUT2D eigenvalue weighted by Crippen LogP contribution is -2.33. The zero-order valence-electron chi connectivity index (χ0n) is 8.13. The third kappa shape index (κ3) is 1.97. The van der Waals surface area contributed by atoms with E-state index in [4.69, 9.17) is 5.73 Å². The van der Waals surface area contributed by atoms with Gasteiger partial charge in [0.05, 0.1) is 18.3 Å². The quantitative estimate of drug-likeness (QED) is 0.726. The lowest BCUT2D eigenvalue weighted by Gasteiger charge is -2.15. The van der Waals surface area contributed by atoms with Crippen molar-refractivity contribution >= 4 is 15.9 Å². The summed E-state index contributed by atoms with van der Waals surface area (Å²) in [7, 11) is -3.40.